The summed E-state index contributed by atoms with van der Waals surface area (Å²) in [6.07, 6.45) is 10.1. The van der Waals surface area contributed by atoms with Crippen molar-refractivity contribution >= 4 is 11.8 Å². The van der Waals surface area contributed by atoms with Gasteiger partial charge in [0.05, 0.1) is 12.6 Å². The Morgan fingerprint density at radius 1 is 1.00 bits per heavy atom. The van der Waals surface area contributed by atoms with Crippen molar-refractivity contribution in [3.63, 3.8) is 0 Å². The first-order chi connectivity index (χ1) is 16.0. The summed E-state index contributed by atoms with van der Waals surface area (Å²) in [4.78, 5) is 29.9. The number of aromatic nitrogens is 1. The van der Waals surface area contributed by atoms with Gasteiger partial charge in [-0.3, -0.25) is 9.59 Å². The van der Waals surface area contributed by atoms with E-state index in [1.165, 1.54) is 31.4 Å². The molecule has 180 valence electrons. The average molecular weight is 456 g/mol. The van der Waals surface area contributed by atoms with Crippen LogP contribution in [0.15, 0.2) is 42.6 Å². The highest BCUT2D eigenvalue weighted by atomic mass is 19.1. The van der Waals surface area contributed by atoms with E-state index in [1.807, 2.05) is 36.2 Å². The predicted octanol–water partition coefficient (Wildman–Crippen LogP) is 5.55. The minimum absolute atomic E-state index is 0.0587. The topological polar surface area (TPSA) is 45.6 Å². The van der Waals surface area contributed by atoms with E-state index in [0.29, 0.717) is 26.1 Å². The molecule has 0 bridgehead atoms. The smallest absolute Gasteiger partial charge is 0.243 e. The fourth-order valence-corrected chi connectivity index (χ4v) is 4.71. The molecule has 3 rings (SSSR count). The first-order valence-corrected chi connectivity index (χ1v) is 12.5. The first-order valence-electron chi connectivity index (χ1n) is 12.5. The Morgan fingerprint density at radius 2 is 1.79 bits per heavy atom. The third-order valence-corrected chi connectivity index (χ3v) is 6.44. The van der Waals surface area contributed by atoms with Crippen LogP contribution in [0.3, 0.4) is 0 Å². The summed E-state index contributed by atoms with van der Waals surface area (Å²) < 4.78 is 16.1. The molecule has 33 heavy (non-hydrogen) atoms. The number of halogens is 1. The van der Waals surface area contributed by atoms with Crippen LogP contribution in [0.4, 0.5) is 4.39 Å². The minimum atomic E-state index is -0.353. The molecule has 1 aliphatic rings. The zero-order valence-corrected chi connectivity index (χ0v) is 20.1. The summed E-state index contributed by atoms with van der Waals surface area (Å²) >= 11 is 0. The summed E-state index contributed by atoms with van der Waals surface area (Å²) in [5, 5.41) is 0. The fraction of sp³-hybridized carbons (Fsp3) is 0.556. The quantitative estimate of drug-likeness (QED) is 0.394. The lowest BCUT2D eigenvalue weighted by atomic mass is 9.99. The molecule has 1 aromatic heterocycles. The van der Waals surface area contributed by atoms with Gasteiger partial charge in [0, 0.05) is 37.9 Å². The van der Waals surface area contributed by atoms with Crippen LogP contribution in [-0.2, 0) is 16.1 Å². The molecular weight excluding hydrogens is 417 g/mol. The van der Waals surface area contributed by atoms with E-state index < -0.39 is 0 Å². The molecule has 1 atom stereocenters. The summed E-state index contributed by atoms with van der Waals surface area (Å²) in [5.74, 6) is -0.338. The van der Waals surface area contributed by atoms with Gasteiger partial charge in [-0.2, -0.15) is 0 Å². The van der Waals surface area contributed by atoms with Crippen LogP contribution in [0.5, 0.6) is 0 Å². The van der Waals surface area contributed by atoms with E-state index in [4.69, 9.17) is 0 Å². The number of nitrogens with zero attached hydrogens (tertiary/aromatic N) is 3. The Balaban J connectivity index is 1.68. The van der Waals surface area contributed by atoms with Crippen molar-refractivity contribution in [1.29, 1.82) is 0 Å². The van der Waals surface area contributed by atoms with Gasteiger partial charge in [0.2, 0.25) is 11.8 Å². The lowest BCUT2D eigenvalue weighted by Crippen LogP contribution is -2.48. The van der Waals surface area contributed by atoms with E-state index in [2.05, 4.69) is 11.5 Å². The van der Waals surface area contributed by atoms with Crippen molar-refractivity contribution in [2.75, 3.05) is 19.6 Å². The van der Waals surface area contributed by atoms with Crippen LogP contribution in [-0.4, -0.2) is 45.8 Å². The van der Waals surface area contributed by atoms with Crippen molar-refractivity contribution in [3.8, 4) is 0 Å². The molecule has 0 N–H and O–H groups in total. The zero-order chi connectivity index (χ0) is 23.6. The molecule has 0 radical (unpaired) electrons. The number of rotatable bonds is 12. The van der Waals surface area contributed by atoms with Gasteiger partial charge in [-0.25, -0.2) is 4.39 Å². The Labute approximate surface area is 197 Å². The molecule has 0 saturated carbocycles. The van der Waals surface area contributed by atoms with E-state index >= 15 is 0 Å². The lowest BCUT2D eigenvalue weighted by Gasteiger charge is -2.38. The molecule has 0 saturated heterocycles. The molecule has 0 fully saturated rings. The molecule has 1 unspecified atom stereocenters. The molecule has 2 aromatic rings. The lowest BCUT2D eigenvalue weighted by molar-refractivity contribution is -0.142. The van der Waals surface area contributed by atoms with Crippen molar-refractivity contribution in [2.45, 2.75) is 77.8 Å². The predicted molar refractivity (Wildman–Crippen MR) is 129 cm³/mol. The molecule has 1 aromatic carbocycles. The van der Waals surface area contributed by atoms with Crippen LogP contribution in [0, 0.1) is 5.82 Å². The van der Waals surface area contributed by atoms with Gasteiger partial charge in [0.25, 0.3) is 0 Å². The van der Waals surface area contributed by atoms with E-state index in [9.17, 15) is 14.0 Å². The number of benzene rings is 1. The van der Waals surface area contributed by atoms with Crippen LogP contribution >= 0.6 is 0 Å². The molecule has 2 amide bonds. The Morgan fingerprint density at radius 3 is 2.55 bits per heavy atom. The van der Waals surface area contributed by atoms with Crippen molar-refractivity contribution in [2.24, 2.45) is 0 Å². The second-order valence-corrected chi connectivity index (χ2v) is 9.00. The fourth-order valence-electron chi connectivity index (χ4n) is 4.71. The highest BCUT2D eigenvalue weighted by Gasteiger charge is 2.33. The van der Waals surface area contributed by atoms with Crippen LogP contribution in [0.25, 0.3) is 0 Å². The zero-order valence-electron chi connectivity index (χ0n) is 20.1. The monoisotopic (exact) mass is 455 g/mol. The third kappa shape index (κ3) is 6.68. The first kappa shape index (κ1) is 25.0. The number of fused-ring (bicyclic) bond motifs is 1. The number of carbonyl (C=O) groups excluding carboxylic acids is 2. The van der Waals surface area contributed by atoms with Gasteiger partial charge in [0.1, 0.15) is 5.82 Å². The van der Waals surface area contributed by atoms with Gasteiger partial charge in [-0.15, -0.1) is 0 Å². The Bertz CT molecular complexity index is 910. The molecule has 0 spiro atoms. The largest absolute Gasteiger partial charge is 0.348 e. The average Bonchev–Trinajstić information content (AvgIpc) is 3.29. The second-order valence-electron chi connectivity index (χ2n) is 9.00. The molecule has 1 aliphatic heterocycles. The van der Waals surface area contributed by atoms with Crippen LogP contribution in [0.1, 0.15) is 82.5 Å². The molecular formula is C27H38FN3O2. The number of carbonyl (C=O) groups is 2. The number of hydrogen-bond acceptors (Lipinski definition) is 2. The number of unbranched alkanes of at least 4 members (excludes halogenated alkanes) is 5. The third-order valence-electron chi connectivity index (χ3n) is 6.44. The van der Waals surface area contributed by atoms with Crippen LogP contribution in [0.2, 0.25) is 0 Å². The van der Waals surface area contributed by atoms with Gasteiger partial charge in [-0.05, 0) is 42.7 Å². The number of hydrogen-bond donors (Lipinski definition) is 0. The normalized spacial score (nSPS) is 15.4. The van der Waals surface area contributed by atoms with Crippen molar-refractivity contribution < 1.29 is 14.0 Å². The summed E-state index contributed by atoms with van der Waals surface area (Å²) in [6.45, 7) is 6.11. The van der Waals surface area contributed by atoms with E-state index in [0.717, 1.165) is 36.9 Å². The van der Waals surface area contributed by atoms with E-state index in [-0.39, 0.29) is 30.2 Å². The Kier molecular flexibility index (Phi) is 9.52. The highest BCUT2D eigenvalue weighted by molar-refractivity contribution is 5.85. The standard InChI is InChI=1S/C27H38FN3O2/c1-3-5-6-7-8-9-15-25(32)30(16-4-2)21-26(33)31-19-18-29-17-11-14-24(29)27(31)22-12-10-13-23(28)20-22/h10-14,17,20,27H,3-9,15-16,18-19,21H2,1-2H3. The van der Waals surface area contributed by atoms with Gasteiger partial charge >= 0.3 is 0 Å². The summed E-state index contributed by atoms with van der Waals surface area (Å²) in [6, 6.07) is 10.1. The van der Waals surface area contributed by atoms with Gasteiger partial charge in [0.15, 0.2) is 0 Å². The Hall–Kier alpha value is -2.63. The summed E-state index contributed by atoms with van der Waals surface area (Å²) in [7, 11) is 0. The van der Waals surface area contributed by atoms with Crippen LogP contribution < -0.4 is 0 Å². The van der Waals surface area contributed by atoms with Gasteiger partial charge in [-0.1, -0.05) is 58.1 Å². The van der Waals surface area contributed by atoms with E-state index in [1.54, 1.807) is 11.0 Å². The maximum absolute atomic E-state index is 14.0. The summed E-state index contributed by atoms with van der Waals surface area (Å²) in [5.41, 5.74) is 1.73. The minimum Gasteiger partial charge on any atom is -0.348 e. The SMILES string of the molecule is CCCCCCCCC(=O)N(CCC)CC(=O)N1CCn2cccc2C1c1cccc(F)c1. The molecule has 0 aliphatic carbocycles. The van der Waals surface area contributed by atoms with Gasteiger partial charge < -0.3 is 14.4 Å². The number of amides is 2. The highest BCUT2D eigenvalue weighted by Crippen LogP contribution is 2.33. The molecule has 2 heterocycles. The molecule has 5 nitrogen and oxygen atoms in total. The van der Waals surface area contributed by atoms with Crippen molar-refractivity contribution in [3.05, 3.63) is 59.7 Å². The maximum atomic E-state index is 14.0. The van der Waals surface area contributed by atoms with Crippen molar-refractivity contribution in [1.82, 2.24) is 14.4 Å². The second kappa shape index (κ2) is 12.6. The maximum Gasteiger partial charge on any atom is 0.243 e. The molecule has 6 heteroatoms.